The van der Waals surface area contributed by atoms with E-state index in [1.165, 1.54) is 32.9 Å². The lowest BCUT2D eigenvalue weighted by Gasteiger charge is -2.62. The van der Waals surface area contributed by atoms with E-state index in [1.54, 1.807) is 46.0 Å². The highest BCUT2D eigenvalue weighted by atomic mass is 32.2. The van der Waals surface area contributed by atoms with Crippen LogP contribution in [0.4, 0.5) is 4.79 Å². The van der Waals surface area contributed by atoms with Gasteiger partial charge in [0.2, 0.25) is 17.7 Å². The van der Waals surface area contributed by atoms with Crippen LogP contribution in [-0.4, -0.2) is 149 Å². The number of aliphatic hydroxyl groups is 2. The number of aliphatic carboxylic acids is 2. The number of thioether (sulfide) groups is 1. The molecule has 460 valence electrons. The number of thiazole rings is 1. The number of ether oxygens (including phenoxy) is 1. The Morgan fingerprint density at radius 1 is 0.893 bits per heavy atom. The Morgan fingerprint density at radius 2 is 1.64 bits per heavy atom. The molecule has 4 fully saturated rings. The number of carboxylic acid groups (broad SMARTS) is 2. The van der Waals surface area contributed by atoms with Gasteiger partial charge in [0, 0.05) is 91.3 Å². The van der Waals surface area contributed by atoms with Gasteiger partial charge in [0.1, 0.15) is 33.3 Å². The summed E-state index contributed by atoms with van der Waals surface area (Å²) in [7, 11) is 1.59. The van der Waals surface area contributed by atoms with Crippen molar-refractivity contribution in [1.82, 2.24) is 25.4 Å². The molecule has 0 saturated heterocycles. The van der Waals surface area contributed by atoms with Crippen LogP contribution in [0.5, 0.6) is 17.2 Å². The SMILES string of the molecule is C=c1c(C)c(O)c(=C)c(C(C)(C)CC(=O)N(C)CCN(CCCC(=O)NCCCCC(NC(=O)CC[C@@H](C)[C@H]2CC[C@H]3[C@@H]4CC[C@@H]5C[C@H](O)CC[C@]5(C)[C@H]4C[C@H](O)[C@]23C)C(=O)O)C(=O)Oc2ccc3nc(C4=NC(C(=O)O)CS4)sc3c2)c1O. The van der Waals surface area contributed by atoms with E-state index in [1.807, 2.05) is 0 Å². The molecule has 4 aliphatic carbocycles. The number of amides is 4. The number of nitrogens with one attached hydrogen (secondary N) is 2. The van der Waals surface area contributed by atoms with Crippen LogP contribution in [0.3, 0.4) is 0 Å². The molecule has 1 aliphatic heterocycles. The van der Waals surface area contributed by atoms with Gasteiger partial charge in [-0.15, -0.1) is 23.1 Å². The number of rotatable bonds is 24. The molecular weight excluding hydrogens is 1110 g/mol. The number of phenolic OH excluding ortho intramolecular Hbond substituents is 2. The Hall–Kier alpha value is -5.77. The fourth-order valence-electron chi connectivity index (χ4n) is 15.3. The van der Waals surface area contributed by atoms with Crippen molar-refractivity contribution in [2.24, 2.45) is 51.3 Å². The molecule has 2 unspecified atom stereocenters. The summed E-state index contributed by atoms with van der Waals surface area (Å²) in [5.41, 5.74) is 0.233. The van der Waals surface area contributed by atoms with Gasteiger partial charge in [-0.3, -0.25) is 19.4 Å². The summed E-state index contributed by atoms with van der Waals surface area (Å²) >= 11 is 2.60. The van der Waals surface area contributed by atoms with Gasteiger partial charge in [0.25, 0.3) is 0 Å². The van der Waals surface area contributed by atoms with E-state index in [9.17, 15) is 59.4 Å². The minimum Gasteiger partial charge on any atom is -0.507 e. The molecule has 5 aliphatic rings. The summed E-state index contributed by atoms with van der Waals surface area (Å²) < 4.78 is 6.55. The van der Waals surface area contributed by atoms with Crippen LogP contribution in [-0.2, 0) is 29.4 Å². The molecule has 0 bridgehead atoms. The van der Waals surface area contributed by atoms with Crippen LogP contribution in [0.2, 0.25) is 0 Å². The second-order valence-electron chi connectivity index (χ2n) is 25.9. The first-order chi connectivity index (χ1) is 39.6. The van der Waals surface area contributed by atoms with Gasteiger partial charge in [-0.1, -0.05) is 47.8 Å². The predicted octanol–water partition coefficient (Wildman–Crippen LogP) is 7.45. The highest BCUT2D eigenvalue weighted by Crippen LogP contribution is 2.68. The summed E-state index contributed by atoms with van der Waals surface area (Å²) in [5.74, 6) is -0.416. The van der Waals surface area contributed by atoms with Crippen LogP contribution >= 0.6 is 23.1 Å². The third-order valence-corrected chi connectivity index (χ3v) is 22.5. The molecule has 2 heterocycles. The van der Waals surface area contributed by atoms with Crippen molar-refractivity contribution in [3.63, 3.8) is 0 Å². The van der Waals surface area contributed by atoms with Crippen LogP contribution in [0, 0.1) is 53.3 Å². The average molecular weight is 1200 g/mol. The Bertz CT molecular complexity index is 3120. The average Bonchev–Trinajstić information content (AvgIpc) is 2.70. The fraction of sp³-hybridized carbons (Fsp3) is 0.651. The van der Waals surface area contributed by atoms with Crippen molar-refractivity contribution in [2.75, 3.05) is 39.0 Å². The smallest absolute Gasteiger partial charge is 0.415 e. The second-order valence-corrected chi connectivity index (χ2v) is 28.0. The van der Waals surface area contributed by atoms with Gasteiger partial charge in [0.15, 0.2) is 6.04 Å². The van der Waals surface area contributed by atoms with Gasteiger partial charge in [-0.2, -0.15) is 0 Å². The number of benzene rings is 2. The summed E-state index contributed by atoms with van der Waals surface area (Å²) in [4.78, 5) is 89.8. The molecule has 12 atom stereocenters. The summed E-state index contributed by atoms with van der Waals surface area (Å²) in [5, 5.41) is 70.9. The molecule has 0 spiro atoms. The van der Waals surface area contributed by atoms with Crippen LogP contribution in [0.1, 0.15) is 153 Å². The van der Waals surface area contributed by atoms with Crippen molar-refractivity contribution in [3.8, 4) is 17.2 Å². The number of hydrogen-bond donors (Lipinski definition) is 8. The van der Waals surface area contributed by atoms with Crippen molar-refractivity contribution in [2.45, 2.75) is 174 Å². The molecule has 2 aromatic carbocycles. The number of aromatic nitrogens is 1. The number of aliphatic imine (C=N–C) groups is 1. The molecule has 8 rings (SSSR count). The summed E-state index contributed by atoms with van der Waals surface area (Å²) in [6.07, 6.45) is 8.55. The number of aliphatic hydroxyl groups excluding tert-OH is 2. The highest BCUT2D eigenvalue weighted by molar-refractivity contribution is 8.15. The number of unbranched alkanes of at least 4 members (excludes halogenated alkanes) is 1. The summed E-state index contributed by atoms with van der Waals surface area (Å²) in [6.45, 7) is 20.3. The molecule has 1 aromatic heterocycles. The first-order valence-electron chi connectivity index (χ1n) is 30.1. The van der Waals surface area contributed by atoms with Crippen molar-refractivity contribution in [3.05, 3.63) is 44.8 Å². The third-order valence-electron chi connectivity index (χ3n) is 20.3. The Labute approximate surface area is 500 Å². The van der Waals surface area contributed by atoms with E-state index < -0.39 is 41.6 Å². The van der Waals surface area contributed by atoms with E-state index in [0.717, 1.165) is 51.4 Å². The van der Waals surface area contributed by atoms with Gasteiger partial charge >= 0.3 is 18.0 Å². The zero-order valence-corrected chi connectivity index (χ0v) is 51.5. The van der Waals surface area contributed by atoms with Gasteiger partial charge < -0.3 is 55.8 Å². The van der Waals surface area contributed by atoms with Crippen molar-refractivity contribution in [1.29, 1.82) is 0 Å². The Balaban J connectivity index is 0.802. The molecule has 3 aromatic rings. The lowest BCUT2D eigenvalue weighted by atomic mass is 9.43. The first-order valence-corrected chi connectivity index (χ1v) is 31.9. The minimum absolute atomic E-state index is 0.0253. The maximum absolute atomic E-state index is 14.0. The first kappa shape index (κ1) is 64.2. The normalized spacial score (nSPS) is 27.1. The quantitative estimate of drug-likeness (QED) is 0.0319. The number of carbonyl (C=O) groups is 6. The fourth-order valence-corrected chi connectivity index (χ4v) is 17.4. The molecule has 84 heavy (non-hydrogen) atoms. The van der Waals surface area contributed by atoms with Crippen LogP contribution in [0.25, 0.3) is 23.4 Å². The van der Waals surface area contributed by atoms with Gasteiger partial charge in [-0.05, 0) is 149 Å². The predicted molar refractivity (Wildman–Crippen MR) is 324 cm³/mol. The number of likely N-dealkylation sites (N-methyl/N-ethyl adjacent to an activating group) is 1. The maximum Gasteiger partial charge on any atom is 0.415 e. The number of carboxylic acids is 2. The molecular formula is C63H88N6O13S2. The molecule has 4 saturated carbocycles. The lowest BCUT2D eigenvalue weighted by Crippen LogP contribution is -2.58. The number of carbonyl (C=O) groups excluding carboxylic acids is 4. The zero-order chi connectivity index (χ0) is 61.2. The van der Waals surface area contributed by atoms with E-state index in [-0.39, 0.29) is 132 Å². The molecule has 4 amide bonds. The Kier molecular flexibility index (Phi) is 20.2. The van der Waals surface area contributed by atoms with Crippen LogP contribution < -0.4 is 25.8 Å². The Morgan fingerprint density at radius 3 is 2.36 bits per heavy atom. The van der Waals surface area contributed by atoms with Crippen molar-refractivity contribution < 1.29 is 64.1 Å². The topological polar surface area (TPSA) is 289 Å². The lowest BCUT2D eigenvalue weighted by molar-refractivity contribution is -0.175. The maximum atomic E-state index is 14.0. The zero-order valence-electron chi connectivity index (χ0n) is 49.9. The standard InChI is InChI=1S/C63H88N6O13S2/c1-34(42-19-20-43-41-18-16-38-29-39(70)23-24-62(38,7)44(41)31-49(71)63(42,43)8)15-22-51(73)65-46(58(77)78)13-10-11-25-64-50(72)14-12-26-69(28-27-68(9)52(74)32-61(5,6)53-37(4)54(75)35(2)36(3)55(53)76)60(81)82-40-17-21-45-48(30-40)84-57(66-45)56-67-47(33-83-56)59(79)80/h17,21,30,34,38-39,41-44,46-47,49,70-71,75-76H,3-4,10-16,18-20,22-29,31-33H2,1-2,5-9H3,(H,64,72)(H,65,73)(H,77,78)(H,79,80)/t34-,38-,39-,41+,42-,43+,44+,46?,47?,49+,62+,63-/m1/s1. The van der Waals surface area contributed by atoms with Gasteiger partial charge in [-0.25, -0.2) is 19.4 Å². The number of phenols is 2. The van der Waals surface area contributed by atoms with E-state index in [4.69, 9.17) is 4.74 Å². The molecule has 21 heteroatoms. The second kappa shape index (κ2) is 26.5. The number of hydrogen-bond acceptors (Lipinski definition) is 15. The minimum atomic E-state index is -1.13. The number of nitrogens with zero attached hydrogens (tertiary/aromatic N) is 4. The van der Waals surface area contributed by atoms with E-state index >= 15 is 0 Å². The number of aromatic hydroxyl groups is 2. The monoisotopic (exact) mass is 1200 g/mol. The largest absolute Gasteiger partial charge is 0.507 e. The van der Waals surface area contributed by atoms with E-state index in [0.29, 0.717) is 80.1 Å². The molecule has 0 radical (unpaired) electrons. The van der Waals surface area contributed by atoms with E-state index in [2.05, 4.69) is 54.5 Å². The van der Waals surface area contributed by atoms with Crippen LogP contribution in [0.15, 0.2) is 23.2 Å². The summed E-state index contributed by atoms with van der Waals surface area (Å²) in [6, 6.07) is 3.00. The molecule has 19 nitrogen and oxygen atoms in total. The number of fused-ring (bicyclic) bond motifs is 6. The third kappa shape index (κ3) is 13.7. The highest BCUT2D eigenvalue weighted by Gasteiger charge is 2.63. The van der Waals surface area contributed by atoms with Gasteiger partial charge in [0.05, 0.1) is 22.4 Å². The molecule has 8 N–H and O–H groups in total. The van der Waals surface area contributed by atoms with Crippen molar-refractivity contribution >= 4 is 87.3 Å².